The van der Waals surface area contributed by atoms with Crippen molar-refractivity contribution in [2.24, 2.45) is 11.8 Å². The van der Waals surface area contributed by atoms with Crippen molar-refractivity contribution >= 4 is 22.4 Å². The van der Waals surface area contributed by atoms with E-state index in [4.69, 9.17) is 10.5 Å². The van der Waals surface area contributed by atoms with E-state index in [9.17, 15) is 0 Å². The van der Waals surface area contributed by atoms with Gasteiger partial charge in [0.15, 0.2) is 16.6 Å². The molecule has 2 unspecified atom stereocenters. The van der Waals surface area contributed by atoms with Crippen LogP contribution in [0.4, 0.5) is 10.8 Å². The largest absolute Gasteiger partial charge is 0.484 e. The number of anilines is 2. The maximum Gasteiger partial charge on any atom is 0.198 e. The number of fused-ring (bicyclic) bond motifs is 1. The SMILES string of the molecule is CC(C)Oc1c(N)nsc1N1CCC2CCCCC2C1. The van der Waals surface area contributed by atoms with E-state index in [0.29, 0.717) is 5.82 Å². The van der Waals surface area contributed by atoms with Crippen molar-refractivity contribution < 1.29 is 4.74 Å². The Kier molecular flexibility index (Phi) is 4.06. The maximum atomic E-state index is 5.98. The molecule has 1 aliphatic heterocycles. The van der Waals surface area contributed by atoms with Crippen LogP contribution in [0.3, 0.4) is 0 Å². The Morgan fingerprint density at radius 3 is 2.75 bits per heavy atom. The van der Waals surface area contributed by atoms with E-state index in [0.717, 1.165) is 35.7 Å². The third kappa shape index (κ3) is 2.73. The molecule has 4 nitrogen and oxygen atoms in total. The number of ether oxygens (including phenoxy) is 1. The Labute approximate surface area is 125 Å². The lowest BCUT2D eigenvalue weighted by molar-refractivity contribution is 0.201. The highest BCUT2D eigenvalue weighted by molar-refractivity contribution is 7.11. The molecular weight excluding hydrogens is 270 g/mol. The highest BCUT2D eigenvalue weighted by Gasteiger charge is 2.33. The van der Waals surface area contributed by atoms with Crippen LogP contribution in [0, 0.1) is 11.8 Å². The quantitative estimate of drug-likeness (QED) is 0.927. The molecule has 0 amide bonds. The van der Waals surface area contributed by atoms with Gasteiger partial charge < -0.3 is 15.4 Å². The summed E-state index contributed by atoms with van der Waals surface area (Å²) in [5.41, 5.74) is 5.98. The second-order valence-electron chi connectivity index (χ2n) is 6.41. The average molecular weight is 295 g/mol. The maximum absolute atomic E-state index is 5.98. The number of nitrogens with two attached hydrogens (primary N) is 1. The number of nitrogen functional groups attached to an aromatic ring is 1. The second-order valence-corrected chi connectivity index (χ2v) is 7.16. The van der Waals surface area contributed by atoms with Crippen LogP contribution in [0.1, 0.15) is 46.0 Å². The van der Waals surface area contributed by atoms with Gasteiger partial charge in [0.25, 0.3) is 0 Å². The van der Waals surface area contributed by atoms with Gasteiger partial charge in [0, 0.05) is 13.1 Å². The van der Waals surface area contributed by atoms with Gasteiger partial charge >= 0.3 is 0 Å². The van der Waals surface area contributed by atoms with Crippen molar-refractivity contribution in [1.82, 2.24) is 4.37 Å². The van der Waals surface area contributed by atoms with Gasteiger partial charge in [-0.15, -0.1) is 0 Å². The van der Waals surface area contributed by atoms with Crippen LogP contribution in [0.2, 0.25) is 0 Å². The Morgan fingerprint density at radius 2 is 2.00 bits per heavy atom. The monoisotopic (exact) mass is 295 g/mol. The molecular formula is C15H25N3OS. The summed E-state index contributed by atoms with van der Waals surface area (Å²) in [6.07, 6.45) is 7.09. The lowest BCUT2D eigenvalue weighted by Gasteiger charge is -2.41. The average Bonchev–Trinajstić information content (AvgIpc) is 2.79. The summed E-state index contributed by atoms with van der Waals surface area (Å²) < 4.78 is 10.2. The molecule has 112 valence electrons. The molecule has 0 spiro atoms. The first-order chi connectivity index (χ1) is 9.65. The normalized spacial score (nSPS) is 26.6. The van der Waals surface area contributed by atoms with E-state index in [1.807, 2.05) is 13.8 Å². The summed E-state index contributed by atoms with van der Waals surface area (Å²) in [6.45, 7) is 6.35. The van der Waals surface area contributed by atoms with Crippen molar-refractivity contribution in [2.45, 2.75) is 52.1 Å². The molecule has 1 aliphatic carbocycles. The third-order valence-corrected chi connectivity index (χ3v) is 5.49. The number of hydrogen-bond acceptors (Lipinski definition) is 5. The van der Waals surface area contributed by atoms with Crippen molar-refractivity contribution in [2.75, 3.05) is 23.7 Å². The fraction of sp³-hybridized carbons (Fsp3) is 0.800. The molecule has 3 rings (SSSR count). The van der Waals surface area contributed by atoms with E-state index < -0.39 is 0 Å². The number of piperidine rings is 1. The van der Waals surface area contributed by atoms with Crippen molar-refractivity contribution in [3.8, 4) is 5.75 Å². The van der Waals surface area contributed by atoms with Crippen LogP contribution in [0.25, 0.3) is 0 Å². The molecule has 2 atom stereocenters. The smallest absolute Gasteiger partial charge is 0.198 e. The summed E-state index contributed by atoms with van der Waals surface area (Å²) in [6, 6.07) is 0. The summed E-state index contributed by atoms with van der Waals surface area (Å²) in [7, 11) is 0. The Bertz CT molecular complexity index is 460. The Balaban J connectivity index is 1.76. The minimum atomic E-state index is 0.139. The standard InChI is InChI=1S/C15H25N3OS/c1-10(2)19-13-14(16)17-20-15(13)18-8-7-11-5-3-4-6-12(11)9-18/h10-12H,3-9H2,1-2H3,(H2,16,17). The predicted octanol–water partition coefficient (Wildman–Crippen LogP) is 3.53. The van der Waals surface area contributed by atoms with Crippen LogP contribution in [0.15, 0.2) is 0 Å². The minimum absolute atomic E-state index is 0.139. The minimum Gasteiger partial charge on any atom is -0.484 e. The lowest BCUT2D eigenvalue weighted by Crippen LogP contribution is -2.41. The molecule has 1 saturated carbocycles. The lowest BCUT2D eigenvalue weighted by atomic mass is 9.75. The molecule has 1 saturated heterocycles. The zero-order valence-corrected chi connectivity index (χ0v) is 13.3. The van der Waals surface area contributed by atoms with Gasteiger partial charge in [0.1, 0.15) is 0 Å². The fourth-order valence-electron chi connectivity index (χ4n) is 3.62. The molecule has 1 aromatic heterocycles. The molecule has 5 heteroatoms. The van der Waals surface area contributed by atoms with Crippen LogP contribution in [-0.4, -0.2) is 23.6 Å². The van der Waals surface area contributed by atoms with Crippen LogP contribution in [-0.2, 0) is 0 Å². The first kappa shape index (κ1) is 14.0. The van der Waals surface area contributed by atoms with Gasteiger partial charge in [-0.25, -0.2) is 0 Å². The van der Waals surface area contributed by atoms with Crippen molar-refractivity contribution in [3.63, 3.8) is 0 Å². The molecule has 2 heterocycles. The van der Waals surface area contributed by atoms with E-state index in [1.54, 1.807) is 0 Å². The number of hydrogen-bond donors (Lipinski definition) is 1. The summed E-state index contributed by atoms with van der Waals surface area (Å²) in [5.74, 6) is 3.15. The molecule has 20 heavy (non-hydrogen) atoms. The first-order valence-corrected chi connectivity index (χ1v) is 8.59. The zero-order chi connectivity index (χ0) is 14.1. The molecule has 1 aromatic rings. The van der Waals surface area contributed by atoms with Gasteiger partial charge in [-0.1, -0.05) is 19.3 Å². The highest BCUT2D eigenvalue weighted by atomic mass is 32.1. The second kappa shape index (κ2) is 5.80. The van der Waals surface area contributed by atoms with Crippen LogP contribution < -0.4 is 15.4 Å². The molecule has 0 aromatic carbocycles. The van der Waals surface area contributed by atoms with E-state index >= 15 is 0 Å². The number of rotatable bonds is 3. The van der Waals surface area contributed by atoms with Crippen LogP contribution >= 0.6 is 11.5 Å². The fourth-order valence-corrected chi connectivity index (χ4v) is 4.40. The Morgan fingerprint density at radius 1 is 1.25 bits per heavy atom. The van der Waals surface area contributed by atoms with Crippen molar-refractivity contribution in [3.05, 3.63) is 0 Å². The molecule has 0 bridgehead atoms. The molecule has 2 aliphatic rings. The van der Waals surface area contributed by atoms with Crippen molar-refractivity contribution in [1.29, 1.82) is 0 Å². The van der Waals surface area contributed by atoms with E-state index in [-0.39, 0.29) is 6.10 Å². The molecule has 0 radical (unpaired) electrons. The first-order valence-electron chi connectivity index (χ1n) is 7.82. The van der Waals surface area contributed by atoms with Gasteiger partial charge in [-0.3, -0.25) is 0 Å². The number of aromatic nitrogens is 1. The van der Waals surface area contributed by atoms with Gasteiger partial charge in [-0.2, -0.15) is 4.37 Å². The summed E-state index contributed by atoms with van der Waals surface area (Å²) >= 11 is 1.49. The summed E-state index contributed by atoms with van der Waals surface area (Å²) in [4.78, 5) is 2.46. The van der Waals surface area contributed by atoms with Gasteiger partial charge in [0.2, 0.25) is 0 Å². The summed E-state index contributed by atoms with van der Waals surface area (Å²) in [5, 5.41) is 1.14. The Hall–Kier alpha value is -0.970. The number of nitrogens with zero attached hydrogens (tertiary/aromatic N) is 2. The van der Waals surface area contributed by atoms with E-state index in [2.05, 4.69) is 9.27 Å². The highest BCUT2D eigenvalue weighted by Crippen LogP contribution is 2.43. The van der Waals surface area contributed by atoms with Gasteiger partial charge in [0.05, 0.1) is 6.10 Å². The van der Waals surface area contributed by atoms with Gasteiger partial charge in [-0.05, 0) is 50.1 Å². The van der Waals surface area contributed by atoms with Crippen LogP contribution in [0.5, 0.6) is 5.75 Å². The topological polar surface area (TPSA) is 51.4 Å². The van der Waals surface area contributed by atoms with E-state index in [1.165, 1.54) is 43.6 Å². The molecule has 2 N–H and O–H groups in total. The third-order valence-electron chi connectivity index (χ3n) is 4.59. The predicted molar refractivity (Wildman–Crippen MR) is 84.6 cm³/mol. The molecule has 2 fully saturated rings. The zero-order valence-electron chi connectivity index (χ0n) is 12.5.